The molecule has 4 atom stereocenters. The minimum atomic E-state index is -0.869. The molecule has 1 aliphatic heterocycles. The molecule has 2 aromatic rings. The van der Waals surface area contributed by atoms with Gasteiger partial charge in [0.05, 0.1) is 18.8 Å². The monoisotopic (exact) mass is 418 g/mol. The lowest BCUT2D eigenvalue weighted by Crippen LogP contribution is -2.44. The molecule has 5 heteroatoms. The summed E-state index contributed by atoms with van der Waals surface area (Å²) in [6.07, 6.45) is 0.140. The zero-order valence-electron chi connectivity index (χ0n) is 17.1. The van der Waals surface area contributed by atoms with Crippen LogP contribution < -0.4 is 0 Å². The van der Waals surface area contributed by atoms with Crippen LogP contribution in [0, 0.1) is 0 Å². The first-order valence-electron chi connectivity index (χ1n) is 10.5. The van der Waals surface area contributed by atoms with Crippen LogP contribution in [0.2, 0.25) is 5.02 Å². The van der Waals surface area contributed by atoms with Crippen LogP contribution in [0.3, 0.4) is 0 Å². The molecule has 29 heavy (non-hydrogen) atoms. The highest BCUT2D eigenvalue weighted by Gasteiger charge is 2.36. The second kappa shape index (κ2) is 10.1. The SMILES string of the molecule is CCC(CC)c1ccc(Cc2cc([C@@H]3OC(CO)[C@@H](O)CC3O)ccc2Cl)cc1. The van der Waals surface area contributed by atoms with Crippen molar-refractivity contribution in [2.45, 2.75) is 69.9 Å². The number of halogens is 1. The predicted octanol–water partition coefficient (Wildman–Crippen LogP) is 4.38. The maximum atomic E-state index is 10.4. The van der Waals surface area contributed by atoms with Gasteiger partial charge in [0.25, 0.3) is 0 Å². The van der Waals surface area contributed by atoms with Crippen LogP contribution in [0.5, 0.6) is 0 Å². The van der Waals surface area contributed by atoms with Crippen molar-refractivity contribution in [3.05, 3.63) is 69.7 Å². The van der Waals surface area contributed by atoms with Crippen molar-refractivity contribution in [2.24, 2.45) is 0 Å². The summed E-state index contributed by atoms with van der Waals surface area (Å²) in [7, 11) is 0. The van der Waals surface area contributed by atoms with Crippen molar-refractivity contribution in [3.63, 3.8) is 0 Å². The number of hydrogen-bond donors (Lipinski definition) is 3. The van der Waals surface area contributed by atoms with Crippen molar-refractivity contribution in [2.75, 3.05) is 6.61 Å². The summed E-state index contributed by atoms with van der Waals surface area (Å²) in [5.41, 5.74) is 4.30. The highest BCUT2D eigenvalue weighted by atomic mass is 35.5. The molecule has 0 aliphatic carbocycles. The largest absolute Gasteiger partial charge is 0.394 e. The molecule has 158 valence electrons. The van der Waals surface area contributed by atoms with Gasteiger partial charge in [-0.3, -0.25) is 0 Å². The highest BCUT2D eigenvalue weighted by molar-refractivity contribution is 6.31. The fourth-order valence-corrected chi connectivity index (χ4v) is 4.34. The van der Waals surface area contributed by atoms with Gasteiger partial charge in [0, 0.05) is 11.4 Å². The van der Waals surface area contributed by atoms with Crippen LogP contribution in [-0.4, -0.2) is 40.2 Å². The summed E-state index contributed by atoms with van der Waals surface area (Å²) >= 11 is 6.44. The molecule has 1 fully saturated rings. The van der Waals surface area contributed by atoms with E-state index in [2.05, 4.69) is 38.1 Å². The molecule has 3 N–H and O–H groups in total. The van der Waals surface area contributed by atoms with E-state index in [1.165, 1.54) is 11.1 Å². The summed E-state index contributed by atoms with van der Waals surface area (Å²) < 4.78 is 5.76. The summed E-state index contributed by atoms with van der Waals surface area (Å²) in [5.74, 6) is 0.593. The van der Waals surface area contributed by atoms with Gasteiger partial charge in [0.2, 0.25) is 0 Å². The average Bonchev–Trinajstić information content (AvgIpc) is 2.72. The van der Waals surface area contributed by atoms with E-state index in [1.807, 2.05) is 18.2 Å². The minimum absolute atomic E-state index is 0.172. The third-order valence-corrected chi connectivity index (χ3v) is 6.36. The van der Waals surface area contributed by atoms with Crippen LogP contribution in [0.4, 0.5) is 0 Å². The molecule has 1 saturated heterocycles. The Labute approximate surface area is 178 Å². The number of aliphatic hydroxyl groups excluding tert-OH is 3. The van der Waals surface area contributed by atoms with Crippen LogP contribution in [-0.2, 0) is 11.2 Å². The van der Waals surface area contributed by atoms with E-state index in [1.54, 1.807) is 0 Å². The second-order valence-corrected chi connectivity index (χ2v) is 8.34. The lowest BCUT2D eigenvalue weighted by molar-refractivity contribution is -0.181. The minimum Gasteiger partial charge on any atom is -0.394 e. The number of rotatable bonds is 7. The van der Waals surface area contributed by atoms with Gasteiger partial charge in [0.15, 0.2) is 0 Å². The van der Waals surface area contributed by atoms with Crippen LogP contribution in [0.1, 0.15) is 67.4 Å². The lowest BCUT2D eigenvalue weighted by atomic mass is 9.91. The standard InChI is InChI=1S/C24H31ClO4/c1-3-16(4-2)17-7-5-15(6-8-17)11-19-12-18(9-10-20(19)25)24-22(28)13-21(27)23(14-26)29-24/h5-10,12,16,21-24,26-28H,3-4,11,13-14H2,1-2H3/t21-,22?,23?,24-/m0/s1. The van der Waals surface area contributed by atoms with E-state index in [-0.39, 0.29) is 13.0 Å². The third kappa shape index (κ3) is 5.19. The topological polar surface area (TPSA) is 69.9 Å². The Morgan fingerprint density at radius 2 is 1.72 bits per heavy atom. The maximum absolute atomic E-state index is 10.4. The molecule has 0 bridgehead atoms. The third-order valence-electron chi connectivity index (χ3n) is 5.99. The first-order valence-corrected chi connectivity index (χ1v) is 10.8. The molecule has 0 spiro atoms. The van der Waals surface area contributed by atoms with E-state index in [0.717, 1.165) is 24.0 Å². The zero-order chi connectivity index (χ0) is 21.0. The van der Waals surface area contributed by atoms with Gasteiger partial charge in [-0.15, -0.1) is 0 Å². The van der Waals surface area contributed by atoms with E-state index < -0.39 is 24.4 Å². The summed E-state index contributed by atoms with van der Waals surface area (Å²) in [4.78, 5) is 0. The van der Waals surface area contributed by atoms with Crippen molar-refractivity contribution in [1.82, 2.24) is 0 Å². The first-order chi connectivity index (χ1) is 14.0. The van der Waals surface area contributed by atoms with Gasteiger partial charge in [-0.05, 0) is 53.5 Å². The number of ether oxygens (including phenoxy) is 1. The lowest BCUT2D eigenvalue weighted by Gasteiger charge is -2.37. The predicted molar refractivity (Wildman–Crippen MR) is 115 cm³/mol. The van der Waals surface area contributed by atoms with E-state index in [4.69, 9.17) is 16.3 Å². The number of benzene rings is 2. The molecule has 1 heterocycles. The van der Waals surface area contributed by atoms with Gasteiger partial charge >= 0.3 is 0 Å². The second-order valence-electron chi connectivity index (χ2n) is 7.93. The normalized spacial score (nSPS) is 24.8. The van der Waals surface area contributed by atoms with Gasteiger partial charge in [0.1, 0.15) is 12.2 Å². The van der Waals surface area contributed by atoms with Gasteiger partial charge in [-0.1, -0.05) is 61.8 Å². The molecule has 0 amide bonds. The summed E-state index contributed by atoms with van der Waals surface area (Å²) in [6.45, 7) is 4.15. The first kappa shape index (κ1) is 22.3. The Hall–Kier alpha value is -1.43. The van der Waals surface area contributed by atoms with E-state index in [0.29, 0.717) is 17.4 Å². The molecule has 3 rings (SSSR count). The summed E-state index contributed by atoms with van der Waals surface area (Å²) in [6, 6.07) is 14.3. The van der Waals surface area contributed by atoms with E-state index in [9.17, 15) is 15.3 Å². The molecule has 1 aliphatic rings. The van der Waals surface area contributed by atoms with Gasteiger partial charge in [-0.25, -0.2) is 0 Å². The Kier molecular flexibility index (Phi) is 7.72. The Balaban J connectivity index is 1.79. The molecule has 0 saturated carbocycles. The molecular weight excluding hydrogens is 388 g/mol. The maximum Gasteiger partial charge on any atom is 0.109 e. The van der Waals surface area contributed by atoms with Crippen molar-refractivity contribution >= 4 is 11.6 Å². The number of hydrogen-bond acceptors (Lipinski definition) is 4. The van der Waals surface area contributed by atoms with Crippen molar-refractivity contribution < 1.29 is 20.1 Å². The summed E-state index contributed by atoms with van der Waals surface area (Å²) in [5, 5.41) is 30.4. The van der Waals surface area contributed by atoms with Crippen LogP contribution in [0.15, 0.2) is 42.5 Å². The van der Waals surface area contributed by atoms with Gasteiger partial charge in [-0.2, -0.15) is 0 Å². The van der Waals surface area contributed by atoms with E-state index >= 15 is 0 Å². The van der Waals surface area contributed by atoms with Crippen LogP contribution in [0.25, 0.3) is 0 Å². The molecular formula is C24H31ClO4. The molecule has 2 unspecified atom stereocenters. The quantitative estimate of drug-likeness (QED) is 0.624. The van der Waals surface area contributed by atoms with Crippen molar-refractivity contribution in [1.29, 1.82) is 0 Å². The Bertz CT molecular complexity index is 788. The molecule has 0 radical (unpaired) electrons. The average molecular weight is 419 g/mol. The highest BCUT2D eigenvalue weighted by Crippen LogP contribution is 2.34. The van der Waals surface area contributed by atoms with Crippen LogP contribution >= 0.6 is 11.6 Å². The Morgan fingerprint density at radius 3 is 2.34 bits per heavy atom. The zero-order valence-corrected chi connectivity index (χ0v) is 17.8. The van der Waals surface area contributed by atoms with Gasteiger partial charge < -0.3 is 20.1 Å². The fraction of sp³-hybridized carbons (Fsp3) is 0.500. The fourth-order valence-electron chi connectivity index (χ4n) is 4.15. The molecule has 2 aromatic carbocycles. The molecule has 4 nitrogen and oxygen atoms in total. The Morgan fingerprint density at radius 1 is 1.03 bits per heavy atom. The molecule has 0 aromatic heterocycles. The van der Waals surface area contributed by atoms with Crippen molar-refractivity contribution in [3.8, 4) is 0 Å². The number of aliphatic hydroxyl groups is 3. The smallest absolute Gasteiger partial charge is 0.109 e.